The smallest absolute Gasteiger partial charge is 0.223 e. The Kier molecular flexibility index (Phi) is 7.79. The van der Waals surface area contributed by atoms with E-state index < -0.39 is 0 Å². The molecule has 0 bridgehead atoms. The Bertz CT molecular complexity index is 1070. The van der Waals surface area contributed by atoms with E-state index in [4.69, 9.17) is 4.42 Å². The van der Waals surface area contributed by atoms with Crippen LogP contribution >= 0.6 is 11.3 Å². The van der Waals surface area contributed by atoms with E-state index in [1.807, 2.05) is 29.6 Å². The van der Waals surface area contributed by atoms with Crippen molar-refractivity contribution < 1.29 is 9.21 Å². The molecule has 35 heavy (non-hydrogen) atoms. The van der Waals surface area contributed by atoms with Crippen LogP contribution in [-0.2, 0) is 17.9 Å². The molecule has 3 aromatic rings. The predicted octanol–water partition coefficient (Wildman–Crippen LogP) is 5.10. The summed E-state index contributed by atoms with van der Waals surface area (Å²) < 4.78 is 6.05. The zero-order chi connectivity index (χ0) is 24.0. The van der Waals surface area contributed by atoms with Crippen molar-refractivity contribution in [2.24, 2.45) is 5.92 Å². The molecule has 2 saturated heterocycles. The first-order chi connectivity index (χ1) is 17.2. The minimum absolute atomic E-state index is 0.0256. The average Bonchev–Trinajstić information content (AvgIpc) is 3.61. The molecule has 8 heteroatoms. The Labute approximate surface area is 211 Å². The van der Waals surface area contributed by atoms with Crippen molar-refractivity contribution in [3.63, 3.8) is 0 Å². The van der Waals surface area contributed by atoms with Crippen molar-refractivity contribution >= 4 is 23.1 Å². The summed E-state index contributed by atoms with van der Waals surface area (Å²) in [6.45, 7) is 6.35. The van der Waals surface area contributed by atoms with Gasteiger partial charge in [0.05, 0.1) is 18.0 Å². The van der Waals surface area contributed by atoms with E-state index in [9.17, 15) is 4.79 Å². The molecule has 0 aliphatic carbocycles. The van der Waals surface area contributed by atoms with Crippen molar-refractivity contribution in [2.75, 3.05) is 24.5 Å². The molecule has 1 atom stereocenters. The predicted molar refractivity (Wildman–Crippen MR) is 139 cm³/mol. The number of likely N-dealkylation sites (tertiary alicyclic amines) is 1. The topological polar surface area (TPSA) is 74.5 Å². The molecule has 2 aliphatic heterocycles. The van der Waals surface area contributed by atoms with Gasteiger partial charge in [-0.15, -0.1) is 21.5 Å². The Morgan fingerprint density at radius 3 is 2.66 bits per heavy atom. The molecular formula is C27H35N5O2S. The van der Waals surface area contributed by atoms with Gasteiger partial charge in [-0.25, -0.2) is 0 Å². The first-order valence-corrected chi connectivity index (χ1v) is 13.8. The summed E-state index contributed by atoms with van der Waals surface area (Å²) in [7, 11) is 0. The highest BCUT2D eigenvalue weighted by molar-refractivity contribution is 7.13. The SMILES string of the molecule is CC[C@H]1CCCCN1Cc1ccc(CNC(=O)C2CCN(c3ccc(-c4cccs4)nn3)CC2)o1. The summed E-state index contributed by atoms with van der Waals surface area (Å²) in [5.41, 5.74) is 0.903. The van der Waals surface area contributed by atoms with E-state index in [0.29, 0.717) is 12.6 Å². The summed E-state index contributed by atoms with van der Waals surface area (Å²) in [6, 6.07) is 12.9. The summed E-state index contributed by atoms with van der Waals surface area (Å²) in [5.74, 6) is 2.85. The summed E-state index contributed by atoms with van der Waals surface area (Å²) in [6.07, 6.45) is 6.71. The summed E-state index contributed by atoms with van der Waals surface area (Å²) in [5, 5.41) is 13.9. The number of nitrogens with one attached hydrogen (secondary N) is 1. The fourth-order valence-corrected chi connectivity index (χ4v) is 5.96. The molecule has 1 N–H and O–H groups in total. The minimum atomic E-state index is 0.0256. The fraction of sp³-hybridized carbons (Fsp3) is 0.519. The van der Waals surface area contributed by atoms with Crippen LogP contribution < -0.4 is 10.2 Å². The number of hydrogen-bond donors (Lipinski definition) is 1. The maximum Gasteiger partial charge on any atom is 0.223 e. The first-order valence-electron chi connectivity index (χ1n) is 12.9. The molecule has 186 valence electrons. The number of nitrogens with zero attached hydrogens (tertiary/aromatic N) is 4. The average molecular weight is 494 g/mol. The molecule has 5 heterocycles. The molecule has 5 rings (SSSR count). The van der Waals surface area contributed by atoms with Gasteiger partial charge in [-0.2, -0.15) is 0 Å². The van der Waals surface area contributed by atoms with Gasteiger partial charge in [-0.05, 0) is 74.4 Å². The lowest BCUT2D eigenvalue weighted by molar-refractivity contribution is -0.125. The number of thiophene rings is 1. The summed E-state index contributed by atoms with van der Waals surface area (Å²) in [4.78, 5) is 18.7. The normalized spacial score (nSPS) is 19.7. The van der Waals surface area contributed by atoms with Gasteiger partial charge in [0.15, 0.2) is 5.82 Å². The second-order valence-corrected chi connectivity index (χ2v) is 10.6. The zero-order valence-electron chi connectivity index (χ0n) is 20.5. The van der Waals surface area contributed by atoms with Gasteiger partial charge in [-0.1, -0.05) is 19.4 Å². The van der Waals surface area contributed by atoms with Crippen LogP contribution in [0.5, 0.6) is 0 Å². The van der Waals surface area contributed by atoms with E-state index in [1.165, 1.54) is 25.7 Å². The highest BCUT2D eigenvalue weighted by atomic mass is 32.1. The van der Waals surface area contributed by atoms with E-state index >= 15 is 0 Å². The van der Waals surface area contributed by atoms with Gasteiger partial charge in [0, 0.05) is 25.0 Å². The van der Waals surface area contributed by atoms with Gasteiger partial charge >= 0.3 is 0 Å². The molecule has 0 unspecified atom stereocenters. The quantitative estimate of drug-likeness (QED) is 0.471. The molecule has 0 aromatic carbocycles. The van der Waals surface area contributed by atoms with Crippen LogP contribution in [-0.4, -0.2) is 46.7 Å². The van der Waals surface area contributed by atoms with Crippen LogP contribution in [0.2, 0.25) is 0 Å². The Balaban J connectivity index is 1.07. The number of carbonyl (C=O) groups excluding carboxylic acids is 1. The highest BCUT2D eigenvalue weighted by Crippen LogP contribution is 2.26. The molecule has 3 aromatic heterocycles. The fourth-order valence-electron chi connectivity index (χ4n) is 5.27. The molecule has 1 amide bonds. The standard InChI is InChI=1S/C27H35N5O2S/c1-2-21-6-3-4-14-32(21)19-23-9-8-22(34-23)18-28-27(33)20-12-15-31(16-13-20)26-11-10-24(29-30-26)25-7-5-17-35-25/h5,7-11,17,20-21H,2-4,6,12-16,18-19H2,1H3,(H,28,33)/t21-/m0/s1. The first kappa shape index (κ1) is 24.0. The van der Waals surface area contributed by atoms with E-state index in [-0.39, 0.29) is 11.8 Å². The molecular weight excluding hydrogens is 458 g/mol. The number of hydrogen-bond acceptors (Lipinski definition) is 7. The number of aromatic nitrogens is 2. The second-order valence-electron chi connectivity index (χ2n) is 9.63. The molecule has 0 saturated carbocycles. The lowest BCUT2D eigenvalue weighted by atomic mass is 9.96. The lowest BCUT2D eigenvalue weighted by Crippen LogP contribution is -2.40. The van der Waals surface area contributed by atoms with Gasteiger partial charge in [0.2, 0.25) is 5.91 Å². The monoisotopic (exact) mass is 493 g/mol. The number of carbonyl (C=O) groups is 1. The van der Waals surface area contributed by atoms with Gasteiger partial charge < -0.3 is 14.6 Å². The van der Waals surface area contributed by atoms with Crippen LogP contribution in [0.3, 0.4) is 0 Å². The van der Waals surface area contributed by atoms with Crippen LogP contribution in [0.15, 0.2) is 46.2 Å². The van der Waals surface area contributed by atoms with Gasteiger partial charge in [-0.3, -0.25) is 9.69 Å². The number of anilines is 1. The van der Waals surface area contributed by atoms with Crippen LogP contribution in [0, 0.1) is 5.92 Å². The van der Waals surface area contributed by atoms with Crippen molar-refractivity contribution in [3.8, 4) is 10.6 Å². The Morgan fingerprint density at radius 2 is 1.91 bits per heavy atom. The third-order valence-electron chi connectivity index (χ3n) is 7.35. The van der Waals surface area contributed by atoms with Gasteiger partial charge in [0.25, 0.3) is 0 Å². The van der Waals surface area contributed by atoms with Crippen molar-refractivity contribution in [1.29, 1.82) is 0 Å². The number of amides is 1. The van der Waals surface area contributed by atoms with Crippen molar-refractivity contribution in [2.45, 2.75) is 64.6 Å². The van der Waals surface area contributed by atoms with E-state index in [0.717, 1.165) is 66.9 Å². The third-order valence-corrected chi connectivity index (χ3v) is 8.24. The van der Waals surface area contributed by atoms with Crippen LogP contribution in [0.4, 0.5) is 5.82 Å². The molecule has 0 spiro atoms. The van der Waals surface area contributed by atoms with Crippen LogP contribution in [0.25, 0.3) is 10.6 Å². The van der Waals surface area contributed by atoms with Gasteiger partial charge in [0.1, 0.15) is 17.2 Å². The second kappa shape index (κ2) is 11.4. The highest BCUT2D eigenvalue weighted by Gasteiger charge is 2.26. The maximum atomic E-state index is 12.8. The zero-order valence-corrected chi connectivity index (χ0v) is 21.3. The number of piperidine rings is 2. The van der Waals surface area contributed by atoms with E-state index in [1.54, 1.807) is 11.3 Å². The molecule has 0 radical (unpaired) electrons. The third kappa shape index (κ3) is 5.93. The van der Waals surface area contributed by atoms with Crippen molar-refractivity contribution in [1.82, 2.24) is 20.4 Å². The summed E-state index contributed by atoms with van der Waals surface area (Å²) >= 11 is 1.66. The largest absolute Gasteiger partial charge is 0.463 e. The Morgan fingerprint density at radius 1 is 1.06 bits per heavy atom. The number of furan rings is 1. The molecule has 2 aliphatic rings. The molecule has 2 fully saturated rings. The van der Waals surface area contributed by atoms with E-state index in [2.05, 4.69) is 44.4 Å². The van der Waals surface area contributed by atoms with Crippen LogP contribution in [0.1, 0.15) is 57.0 Å². The lowest BCUT2D eigenvalue weighted by Gasteiger charge is -2.34. The maximum absolute atomic E-state index is 12.8. The Hall–Kier alpha value is -2.71. The van der Waals surface area contributed by atoms with Crippen molar-refractivity contribution in [3.05, 3.63) is 53.3 Å². The minimum Gasteiger partial charge on any atom is -0.463 e. The molecule has 7 nitrogen and oxygen atoms in total. The number of rotatable bonds is 8.